The Morgan fingerprint density at radius 3 is 2.50 bits per heavy atom. The zero-order valence-corrected chi connectivity index (χ0v) is 14.0. The first kappa shape index (κ1) is 18.1. The van der Waals surface area contributed by atoms with Gasteiger partial charge in [0, 0.05) is 5.39 Å². The lowest BCUT2D eigenvalue weighted by molar-refractivity contribution is -0.140. The predicted octanol–water partition coefficient (Wildman–Crippen LogP) is 4.70. The average molecular weight is 394 g/mol. The number of aromatic amines is 1. The third-order valence-corrected chi connectivity index (χ3v) is 4.27. The second kappa shape index (κ2) is 6.70. The molecule has 0 fully saturated rings. The largest absolute Gasteiger partial charge is 0.453 e. The zero-order chi connectivity index (χ0) is 19.9. The van der Waals surface area contributed by atoms with Crippen LogP contribution in [0.4, 0.5) is 22.0 Å². The quantitative estimate of drug-likeness (QED) is 0.510. The van der Waals surface area contributed by atoms with Crippen LogP contribution in [0.5, 0.6) is 0 Å². The Bertz CT molecular complexity index is 1140. The highest BCUT2D eigenvalue weighted by molar-refractivity contribution is 5.82. The number of aryl methyl sites for hydroxylation is 2. The van der Waals surface area contributed by atoms with Crippen molar-refractivity contribution >= 4 is 11.0 Å². The van der Waals surface area contributed by atoms with Gasteiger partial charge in [-0.2, -0.15) is 18.4 Å². The van der Waals surface area contributed by atoms with Crippen molar-refractivity contribution in [1.29, 1.82) is 0 Å². The molecule has 0 radical (unpaired) electrons. The minimum Gasteiger partial charge on any atom is -0.453 e. The fourth-order valence-corrected chi connectivity index (χ4v) is 2.89. The highest BCUT2D eigenvalue weighted by atomic mass is 19.4. The number of nitrogens with one attached hydrogen (secondary N) is 1. The summed E-state index contributed by atoms with van der Waals surface area (Å²) in [4.78, 5) is 0. The number of hydrogen-bond acceptors (Lipinski definition) is 4. The molecule has 0 saturated heterocycles. The summed E-state index contributed by atoms with van der Waals surface area (Å²) in [7, 11) is 0. The number of nitrogens with zero attached hydrogens (tertiary/aromatic N) is 3. The van der Waals surface area contributed by atoms with Gasteiger partial charge in [-0.3, -0.25) is 0 Å². The van der Waals surface area contributed by atoms with E-state index in [1.165, 1.54) is 18.2 Å². The summed E-state index contributed by atoms with van der Waals surface area (Å²) >= 11 is 0. The van der Waals surface area contributed by atoms with Crippen molar-refractivity contribution in [2.45, 2.75) is 19.0 Å². The number of H-pyrrole nitrogens is 1. The SMILES string of the molecule is Fc1cc2cc(-c3nn[nH]n3)oc2cc1CCc1ccc(F)c(C(F)(F)F)c1. The van der Waals surface area contributed by atoms with Gasteiger partial charge in [0.2, 0.25) is 5.82 Å². The van der Waals surface area contributed by atoms with E-state index >= 15 is 0 Å². The lowest BCUT2D eigenvalue weighted by Gasteiger charge is -2.10. The molecule has 28 heavy (non-hydrogen) atoms. The van der Waals surface area contributed by atoms with Gasteiger partial charge < -0.3 is 4.42 Å². The molecule has 4 rings (SSSR count). The molecule has 0 amide bonds. The molecular weight excluding hydrogens is 383 g/mol. The van der Waals surface area contributed by atoms with Crippen molar-refractivity contribution in [3.63, 3.8) is 0 Å². The number of rotatable bonds is 4. The number of furan rings is 1. The van der Waals surface area contributed by atoms with Crippen molar-refractivity contribution in [3.05, 3.63) is 64.7 Å². The molecule has 0 bridgehead atoms. The normalized spacial score (nSPS) is 12.0. The number of hydrogen-bond donors (Lipinski definition) is 1. The van der Waals surface area contributed by atoms with Crippen molar-refractivity contribution in [2.75, 3.05) is 0 Å². The summed E-state index contributed by atoms with van der Waals surface area (Å²) in [5, 5.41) is 13.8. The summed E-state index contributed by atoms with van der Waals surface area (Å²) in [6.07, 6.45) is -4.57. The van der Waals surface area contributed by atoms with Gasteiger partial charge in [-0.25, -0.2) is 8.78 Å². The average Bonchev–Trinajstić information content (AvgIpc) is 3.29. The van der Waals surface area contributed by atoms with Gasteiger partial charge >= 0.3 is 6.18 Å². The molecule has 0 unspecified atom stereocenters. The maximum absolute atomic E-state index is 14.4. The minimum atomic E-state index is -4.79. The molecule has 4 aromatic rings. The predicted molar refractivity (Wildman–Crippen MR) is 88.2 cm³/mol. The van der Waals surface area contributed by atoms with Crippen LogP contribution in [0, 0.1) is 11.6 Å². The highest BCUT2D eigenvalue weighted by Crippen LogP contribution is 2.32. The van der Waals surface area contributed by atoms with Gasteiger partial charge in [0.15, 0.2) is 5.76 Å². The van der Waals surface area contributed by atoms with Crippen LogP contribution in [-0.4, -0.2) is 20.6 Å². The Kier molecular flexibility index (Phi) is 4.33. The third-order valence-electron chi connectivity index (χ3n) is 4.27. The maximum atomic E-state index is 14.4. The number of aromatic nitrogens is 4. The molecule has 0 spiro atoms. The number of halogens is 5. The van der Waals surface area contributed by atoms with Crippen LogP contribution in [0.2, 0.25) is 0 Å². The molecule has 5 nitrogen and oxygen atoms in total. The van der Waals surface area contributed by atoms with Gasteiger partial charge in [0.1, 0.15) is 17.2 Å². The van der Waals surface area contributed by atoms with Gasteiger partial charge in [-0.1, -0.05) is 6.07 Å². The number of tetrazole rings is 1. The van der Waals surface area contributed by atoms with Gasteiger partial charge in [-0.05, 0) is 59.5 Å². The van der Waals surface area contributed by atoms with Crippen molar-refractivity contribution in [1.82, 2.24) is 20.6 Å². The van der Waals surface area contributed by atoms with Crippen LogP contribution in [0.15, 0.2) is 40.8 Å². The van der Waals surface area contributed by atoms with E-state index in [1.807, 2.05) is 0 Å². The van der Waals surface area contributed by atoms with E-state index in [-0.39, 0.29) is 29.8 Å². The summed E-state index contributed by atoms with van der Waals surface area (Å²) in [6, 6.07) is 7.06. The van der Waals surface area contributed by atoms with Crippen molar-refractivity contribution in [2.24, 2.45) is 0 Å². The molecule has 0 saturated carbocycles. The van der Waals surface area contributed by atoms with Gasteiger partial charge in [0.25, 0.3) is 0 Å². The summed E-state index contributed by atoms with van der Waals surface area (Å²) in [5.74, 6) is -1.35. The maximum Gasteiger partial charge on any atom is 0.419 e. The van der Waals surface area contributed by atoms with E-state index in [1.54, 1.807) is 6.07 Å². The van der Waals surface area contributed by atoms with Gasteiger partial charge in [-0.15, -0.1) is 10.2 Å². The Morgan fingerprint density at radius 2 is 1.79 bits per heavy atom. The van der Waals surface area contributed by atoms with E-state index in [0.717, 1.165) is 12.1 Å². The molecule has 2 aromatic carbocycles. The van der Waals surface area contributed by atoms with Crippen LogP contribution in [-0.2, 0) is 19.0 Å². The zero-order valence-electron chi connectivity index (χ0n) is 14.0. The molecule has 2 aromatic heterocycles. The first-order valence-electron chi connectivity index (χ1n) is 8.12. The molecule has 0 atom stereocenters. The van der Waals surface area contributed by atoms with Crippen molar-refractivity contribution in [3.8, 4) is 11.6 Å². The molecule has 0 aliphatic carbocycles. The fourth-order valence-electron chi connectivity index (χ4n) is 2.89. The van der Waals surface area contributed by atoms with E-state index < -0.39 is 23.4 Å². The summed E-state index contributed by atoms with van der Waals surface area (Å²) in [5.41, 5.74) is -0.442. The molecule has 1 N–H and O–H groups in total. The monoisotopic (exact) mass is 394 g/mol. The Balaban J connectivity index is 1.59. The Labute approximate surface area is 154 Å². The van der Waals surface area contributed by atoms with Crippen LogP contribution in [0.1, 0.15) is 16.7 Å². The Morgan fingerprint density at radius 1 is 0.964 bits per heavy atom. The van der Waals surface area contributed by atoms with Crippen LogP contribution < -0.4 is 0 Å². The van der Waals surface area contributed by atoms with Crippen LogP contribution in [0.3, 0.4) is 0 Å². The topological polar surface area (TPSA) is 67.6 Å². The summed E-state index contributed by atoms with van der Waals surface area (Å²) in [6.45, 7) is 0. The highest BCUT2D eigenvalue weighted by Gasteiger charge is 2.34. The molecule has 10 heteroatoms. The standard InChI is InChI=1S/C18H11F5N4O/c19-13-4-2-9(5-12(13)18(21,22)23)1-3-10-7-15-11(6-14(10)20)8-16(28-15)17-24-26-27-25-17/h2,4-8H,1,3H2,(H,24,25,26,27). The number of benzene rings is 2. The lowest BCUT2D eigenvalue weighted by atomic mass is 10.0. The molecule has 144 valence electrons. The van der Waals surface area contributed by atoms with E-state index in [4.69, 9.17) is 4.42 Å². The lowest BCUT2D eigenvalue weighted by Crippen LogP contribution is -2.09. The van der Waals surface area contributed by atoms with E-state index in [9.17, 15) is 22.0 Å². The molecule has 0 aliphatic rings. The first-order chi connectivity index (χ1) is 13.3. The van der Waals surface area contributed by atoms with Crippen LogP contribution >= 0.6 is 0 Å². The molecular formula is C18H11F5N4O. The summed E-state index contributed by atoms with van der Waals surface area (Å²) < 4.78 is 71.8. The third kappa shape index (κ3) is 3.45. The second-order valence-corrected chi connectivity index (χ2v) is 6.14. The molecule has 0 aliphatic heterocycles. The smallest absolute Gasteiger partial charge is 0.419 e. The van der Waals surface area contributed by atoms with Gasteiger partial charge in [0.05, 0.1) is 5.56 Å². The minimum absolute atomic E-state index is 0.101. The van der Waals surface area contributed by atoms with E-state index in [2.05, 4.69) is 20.6 Å². The molecule has 2 heterocycles. The number of fused-ring (bicyclic) bond motifs is 1. The van der Waals surface area contributed by atoms with Crippen LogP contribution in [0.25, 0.3) is 22.6 Å². The Hall–Kier alpha value is -3.30. The number of alkyl halides is 3. The van der Waals surface area contributed by atoms with Crippen molar-refractivity contribution < 1.29 is 26.4 Å². The first-order valence-corrected chi connectivity index (χ1v) is 8.12. The van der Waals surface area contributed by atoms with E-state index in [0.29, 0.717) is 16.7 Å². The fraction of sp³-hybridized carbons (Fsp3) is 0.167. The second-order valence-electron chi connectivity index (χ2n) is 6.14.